The normalized spacial score (nSPS) is 22.7. The van der Waals surface area contributed by atoms with E-state index in [1.807, 2.05) is 20.8 Å². The lowest BCUT2D eigenvalue weighted by Gasteiger charge is -2.31. The summed E-state index contributed by atoms with van der Waals surface area (Å²) in [5, 5.41) is 0. The number of hydrogen-bond donors (Lipinski definition) is 2. The number of ether oxygens (including phenoxy) is 1. The molecule has 1 fully saturated rings. The Kier molecular flexibility index (Phi) is 5.63. The lowest BCUT2D eigenvalue weighted by Crippen LogP contribution is -3.17. The molecule has 1 aliphatic rings. The first-order chi connectivity index (χ1) is 10.9. The number of likely N-dealkylation sites (tertiary alicyclic amines) is 1. The van der Waals surface area contributed by atoms with Gasteiger partial charge in [-0.05, 0) is 46.1 Å². The summed E-state index contributed by atoms with van der Waals surface area (Å²) in [7, 11) is 0. The van der Waals surface area contributed by atoms with Crippen LogP contribution >= 0.6 is 0 Å². The van der Waals surface area contributed by atoms with E-state index in [4.69, 9.17) is 4.74 Å². The van der Waals surface area contributed by atoms with Crippen molar-refractivity contribution in [2.75, 3.05) is 19.7 Å². The predicted octanol–water partition coefficient (Wildman–Crippen LogP) is 1.69. The van der Waals surface area contributed by atoms with E-state index in [0.29, 0.717) is 35.0 Å². The van der Waals surface area contributed by atoms with Crippen LogP contribution in [0.3, 0.4) is 0 Å². The Morgan fingerprint density at radius 2 is 2.09 bits per heavy atom. The van der Waals surface area contributed by atoms with Crippen molar-refractivity contribution in [1.29, 1.82) is 0 Å². The van der Waals surface area contributed by atoms with Crippen molar-refractivity contribution >= 4 is 11.8 Å². The number of hydrogen-bond acceptors (Lipinski definition) is 3. The molecule has 1 aromatic heterocycles. The van der Waals surface area contributed by atoms with Crippen LogP contribution in [0.4, 0.5) is 0 Å². The molecule has 5 nitrogen and oxygen atoms in total. The third kappa shape index (κ3) is 3.66. The second-order valence-corrected chi connectivity index (χ2v) is 6.79. The highest BCUT2D eigenvalue weighted by molar-refractivity contribution is 6.03. The smallest absolute Gasteiger partial charge is 0.340 e. The third-order valence-corrected chi connectivity index (χ3v) is 4.97. The molecule has 1 aliphatic heterocycles. The zero-order valence-corrected chi connectivity index (χ0v) is 14.9. The van der Waals surface area contributed by atoms with Gasteiger partial charge in [0.2, 0.25) is 5.78 Å². The minimum atomic E-state index is -0.357. The number of Topliss-reactive ketones (excluding diaryl/α,β-unsaturated/α-hetero) is 1. The van der Waals surface area contributed by atoms with E-state index < -0.39 is 0 Å². The number of carbonyl (C=O) groups is 2. The molecule has 0 aromatic carbocycles. The molecular formula is C18H29N2O3+. The number of carbonyl (C=O) groups excluding carboxylic acids is 2. The van der Waals surface area contributed by atoms with Gasteiger partial charge in [-0.3, -0.25) is 4.79 Å². The molecule has 0 spiro atoms. The molecular weight excluding hydrogens is 292 g/mol. The van der Waals surface area contributed by atoms with Gasteiger partial charge in [0.25, 0.3) is 0 Å². The molecule has 2 rings (SSSR count). The maximum absolute atomic E-state index is 12.9. The molecule has 0 saturated carbocycles. The molecule has 1 saturated heterocycles. The number of aryl methyl sites for hydroxylation is 1. The van der Waals surface area contributed by atoms with Crippen molar-refractivity contribution in [3.8, 4) is 0 Å². The number of aromatic nitrogens is 1. The van der Waals surface area contributed by atoms with Crippen LogP contribution in [0.25, 0.3) is 0 Å². The number of aromatic amines is 1. The summed E-state index contributed by atoms with van der Waals surface area (Å²) in [5.41, 5.74) is 2.48. The van der Waals surface area contributed by atoms with E-state index in [-0.39, 0.29) is 17.8 Å². The summed E-state index contributed by atoms with van der Waals surface area (Å²) in [4.78, 5) is 29.5. The first kappa shape index (κ1) is 17.7. The Morgan fingerprint density at radius 3 is 2.70 bits per heavy atom. The monoisotopic (exact) mass is 321 g/mol. The Balaban J connectivity index is 2.22. The van der Waals surface area contributed by atoms with E-state index >= 15 is 0 Å². The van der Waals surface area contributed by atoms with Crippen LogP contribution in [-0.4, -0.2) is 42.5 Å². The number of nitrogens with one attached hydrogen (secondary N) is 2. The van der Waals surface area contributed by atoms with E-state index in [2.05, 4.69) is 11.9 Å². The number of ketones is 1. The Morgan fingerprint density at radius 1 is 1.39 bits per heavy atom. The maximum atomic E-state index is 12.9. The molecule has 2 heterocycles. The van der Waals surface area contributed by atoms with Crippen LogP contribution in [0, 0.1) is 19.8 Å². The SMILES string of the molecule is CCOC(=O)c1c(C)[nH]c(C(=O)[C@@H](C)[NH+]2CCC[C@H](C)C2)c1C. The first-order valence-electron chi connectivity index (χ1n) is 8.61. The number of piperidine rings is 1. The molecule has 1 aromatic rings. The Labute approximate surface area is 138 Å². The Hall–Kier alpha value is -1.62. The van der Waals surface area contributed by atoms with Crippen molar-refractivity contribution in [3.05, 3.63) is 22.5 Å². The van der Waals surface area contributed by atoms with Crippen LogP contribution in [-0.2, 0) is 4.74 Å². The van der Waals surface area contributed by atoms with Crippen LogP contribution in [0.2, 0.25) is 0 Å². The van der Waals surface area contributed by atoms with Crippen molar-refractivity contribution < 1.29 is 19.2 Å². The third-order valence-electron chi connectivity index (χ3n) is 4.97. The fraction of sp³-hybridized carbons (Fsp3) is 0.667. The molecule has 1 unspecified atom stereocenters. The van der Waals surface area contributed by atoms with Gasteiger partial charge in [-0.1, -0.05) is 6.92 Å². The average Bonchev–Trinajstić information content (AvgIpc) is 2.81. The van der Waals surface area contributed by atoms with Gasteiger partial charge in [-0.15, -0.1) is 0 Å². The number of esters is 1. The van der Waals surface area contributed by atoms with Crippen LogP contribution < -0.4 is 4.90 Å². The predicted molar refractivity (Wildman–Crippen MR) is 89.1 cm³/mol. The number of quaternary nitrogens is 1. The van der Waals surface area contributed by atoms with E-state index in [1.54, 1.807) is 6.92 Å². The standard InChI is InChI=1S/C18H28N2O3/c1-6-23-18(22)15-12(3)16(19-13(15)4)17(21)14(5)20-9-7-8-11(2)10-20/h11,14,19H,6-10H2,1-5H3/p+1/t11-,14+/m0/s1. The average molecular weight is 321 g/mol. The molecule has 128 valence electrons. The van der Waals surface area contributed by atoms with E-state index in [9.17, 15) is 9.59 Å². The Bertz CT molecular complexity index is 591. The van der Waals surface area contributed by atoms with E-state index in [0.717, 1.165) is 13.1 Å². The fourth-order valence-corrected chi connectivity index (χ4v) is 3.63. The zero-order valence-electron chi connectivity index (χ0n) is 14.9. The highest BCUT2D eigenvalue weighted by Crippen LogP contribution is 2.20. The molecule has 2 N–H and O–H groups in total. The lowest BCUT2D eigenvalue weighted by atomic mass is 9.97. The van der Waals surface area contributed by atoms with Crippen molar-refractivity contribution in [2.45, 2.75) is 53.5 Å². The van der Waals surface area contributed by atoms with Crippen molar-refractivity contribution in [1.82, 2.24) is 4.98 Å². The van der Waals surface area contributed by atoms with Gasteiger partial charge in [0.05, 0.1) is 31.0 Å². The first-order valence-corrected chi connectivity index (χ1v) is 8.61. The molecule has 0 radical (unpaired) electrons. The summed E-state index contributed by atoms with van der Waals surface area (Å²) in [6.45, 7) is 12.1. The molecule has 5 heteroatoms. The van der Waals surface area contributed by atoms with Gasteiger partial charge in [0, 0.05) is 11.6 Å². The minimum Gasteiger partial charge on any atom is -0.462 e. The maximum Gasteiger partial charge on any atom is 0.340 e. The van der Waals surface area contributed by atoms with Crippen molar-refractivity contribution in [3.63, 3.8) is 0 Å². The number of H-pyrrole nitrogens is 1. The van der Waals surface area contributed by atoms with Gasteiger partial charge in [-0.25, -0.2) is 4.79 Å². The summed E-state index contributed by atoms with van der Waals surface area (Å²) < 4.78 is 5.10. The molecule has 0 amide bonds. The minimum absolute atomic E-state index is 0.0882. The quantitative estimate of drug-likeness (QED) is 0.641. The zero-order chi connectivity index (χ0) is 17.1. The highest BCUT2D eigenvalue weighted by atomic mass is 16.5. The lowest BCUT2D eigenvalue weighted by molar-refractivity contribution is -0.921. The largest absolute Gasteiger partial charge is 0.462 e. The van der Waals surface area contributed by atoms with Gasteiger partial charge in [0.15, 0.2) is 0 Å². The summed E-state index contributed by atoms with van der Waals surface area (Å²) in [6, 6.07) is -0.0930. The second kappa shape index (κ2) is 7.30. The topological polar surface area (TPSA) is 63.6 Å². The van der Waals surface area contributed by atoms with Crippen LogP contribution in [0.1, 0.15) is 65.7 Å². The van der Waals surface area contributed by atoms with Crippen LogP contribution in [0.15, 0.2) is 0 Å². The van der Waals surface area contributed by atoms with Crippen molar-refractivity contribution in [2.24, 2.45) is 5.92 Å². The molecule has 23 heavy (non-hydrogen) atoms. The highest BCUT2D eigenvalue weighted by Gasteiger charge is 2.33. The fourth-order valence-electron chi connectivity index (χ4n) is 3.63. The second-order valence-electron chi connectivity index (χ2n) is 6.79. The van der Waals surface area contributed by atoms with Gasteiger partial charge >= 0.3 is 5.97 Å². The summed E-state index contributed by atoms with van der Waals surface area (Å²) >= 11 is 0. The van der Waals surface area contributed by atoms with Crippen LogP contribution in [0.5, 0.6) is 0 Å². The van der Waals surface area contributed by atoms with Gasteiger partial charge in [0.1, 0.15) is 6.04 Å². The molecule has 3 atom stereocenters. The summed E-state index contributed by atoms with van der Waals surface area (Å²) in [6.07, 6.45) is 2.42. The summed E-state index contributed by atoms with van der Waals surface area (Å²) in [5.74, 6) is 0.394. The molecule has 0 bridgehead atoms. The number of rotatable bonds is 5. The van der Waals surface area contributed by atoms with Gasteiger partial charge in [-0.2, -0.15) is 0 Å². The van der Waals surface area contributed by atoms with Gasteiger partial charge < -0.3 is 14.6 Å². The van der Waals surface area contributed by atoms with E-state index in [1.165, 1.54) is 17.7 Å². The molecule has 0 aliphatic carbocycles.